The summed E-state index contributed by atoms with van der Waals surface area (Å²) in [6.07, 6.45) is 12.8. The van der Waals surface area contributed by atoms with E-state index in [1.165, 1.54) is 38.5 Å². The first-order valence-electron chi connectivity index (χ1n) is 5.21. The average molecular weight is 168 g/mol. The van der Waals surface area contributed by atoms with Crippen LogP contribution in [0.15, 0.2) is 12.2 Å². The van der Waals surface area contributed by atoms with Crippen LogP contribution >= 0.6 is 0 Å². The fraction of sp³-hybridized carbons (Fsp3) is 0.818. The summed E-state index contributed by atoms with van der Waals surface area (Å²) in [4.78, 5) is 0. The summed E-state index contributed by atoms with van der Waals surface area (Å²) in [5.74, 6) is 0. The molecule has 0 aromatic rings. The topological polar surface area (TPSA) is 9.23 Å². The van der Waals surface area contributed by atoms with Gasteiger partial charge in [0.2, 0.25) is 0 Å². The Labute approximate surface area is 75.8 Å². The SMILES string of the molecule is CCOC1/C=C\CCCCCC1. The molecular formula is C11H20O. The molecule has 0 bridgehead atoms. The van der Waals surface area contributed by atoms with Gasteiger partial charge >= 0.3 is 0 Å². The Morgan fingerprint density at radius 1 is 1.25 bits per heavy atom. The van der Waals surface area contributed by atoms with Crippen molar-refractivity contribution in [3.63, 3.8) is 0 Å². The van der Waals surface area contributed by atoms with Crippen LogP contribution in [0.4, 0.5) is 0 Å². The molecule has 1 aliphatic carbocycles. The van der Waals surface area contributed by atoms with E-state index in [0.717, 1.165) is 6.61 Å². The predicted octanol–water partition coefficient (Wildman–Crippen LogP) is 3.30. The normalized spacial score (nSPS) is 28.6. The summed E-state index contributed by atoms with van der Waals surface area (Å²) in [7, 11) is 0. The summed E-state index contributed by atoms with van der Waals surface area (Å²) < 4.78 is 5.59. The van der Waals surface area contributed by atoms with E-state index >= 15 is 0 Å². The van der Waals surface area contributed by atoms with Crippen molar-refractivity contribution in [2.45, 2.75) is 51.6 Å². The summed E-state index contributed by atoms with van der Waals surface area (Å²) in [6, 6.07) is 0. The third-order valence-electron chi connectivity index (χ3n) is 2.34. The second kappa shape index (κ2) is 6.24. The van der Waals surface area contributed by atoms with Gasteiger partial charge in [0, 0.05) is 6.61 Å². The Balaban J connectivity index is 2.30. The quantitative estimate of drug-likeness (QED) is 0.575. The van der Waals surface area contributed by atoms with Gasteiger partial charge in [-0.15, -0.1) is 0 Å². The summed E-state index contributed by atoms with van der Waals surface area (Å²) >= 11 is 0. The first-order chi connectivity index (χ1) is 5.93. The Bertz CT molecular complexity index is 129. The second-order valence-corrected chi connectivity index (χ2v) is 3.41. The number of ether oxygens (including phenoxy) is 1. The van der Waals surface area contributed by atoms with Crippen LogP contribution in [0.1, 0.15) is 45.4 Å². The Hall–Kier alpha value is -0.300. The molecule has 0 aromatic carbocycles. The monoisotopic (exact) mass is 168 g/mol. The number of hydrogen-bond donors (Lipinski definition) is 0. The van der Waals surface area contributed by atoms with Gasteiger partial charge in [0.1, 0.15) is 0 Å². The molecule has 0 saturated heterocycles. The van der Waals surface area contributed by atoms with Gasteiger partial charge in [-0.1, -0.05) is 31.4 Å². The number of hydrogen-bond acceptors (Lipinski definition) is 1. The third kappa shape index (κ3) is 3.91. The van der Waals surface area contributed by atoms with E-state index in [2.05, 4.69) is 19.1 Å². The highest BCUT2D eigenvalue weighted by Gasteiger charge is 2.04. The van der Waals surface area contributed by atoms with E-state index in [9.17, 15) is 0 Å². The van der Waals surface area contributed by atoms with Gasteiger partial charge in [-0.2, -0.15) is 0 Å². The number of rotatable bonds is 2. The van der Waals surface area contributed by atoms with Crippen LogP contribution in [0.25, 0.3) is 0 Å². The summed E-state index contributed by atoms with van der Waals surface area (Å²) in [5, 5.41) is 0. The van der Waals surface area contributed by atoms with E-state index in [-0.39, 0.29) is 0 Å². The standard InChI is InChI=1S/C11H20O/c1-2-12-11-9-7-5-3-4-6-8-10-11/h7,9,11H,2-6,8,10H2,1H3/b9-7-. The van der Waals surface area contributed by atoms with Gasteiger partial charge in [0.25, 0.3) is 0 Å². The molecule has 70 valence electrons. The molecule has 0 spiro atoms. The molecule has 1 nitrogen and oxygen atoms in total. The van der Waals surface area contributed by atoms with E-state index < -0.39 is 0 Å². The Morgan fingerprint density at radius 3 is 2.92 bits per heavy atom. The van der Waals surface area contributed by atoms with Crippen LogP contribution in [-0.4, -0.2) is 12.7 Å². The molecule has 0 aliphatic heterocycles. The van der Waals surface area contributed by atoms with Crippen molar-refractivity contribution in [3.05, 3.63) is 12.2 Å². The Kier molecular flexibility index (Phi) is 5.09. The molecule has 0 aromatic heterocycles. The average Bonchev–Trinajstić information content (AvgIpc) is 2.19. The zero-order valence-electron chi connectivity index (χ0n) is 8.09. The smallest absolute Gasteiger partial charge is 0.0755 e. The van der Waals surface area contributed by atoms with Crippen molar-refractivity contribution in [1.29, 1.82) is 0 Å². The minimum atomic E-state index is 0.396. The molecule has 12 heavy (non-hydrogen) atoms. The lowest BCUT2D eigenvalue weighted by Gasteiger charge is -2.11. The van der Waals surface area contributed by atoms with Gasteiger partial charge in [-0.25, -0.2) is 0 Å². The van der Waals surface area contributed by atoms with Gasteiger partial charge in [0.15, 0.2) is 0 Å². The molecule has 1 atom stereocenters. The van der Waals surface area contributed by atoms with Gasteiger partial charge in [0.05, 0.1) is 6.10 Å². The molecule has 0 radical (unpaired) electrons. The summed E-state index contributed by atoms with van der Waals surface area (Å²) in [5.41, 5.74) is 0. The molecule has 1 aliphatic rings. The fourth-order valence-corrected chi connectivity index (χ4v) is 1.66. The van der Waals surface area contributed by atoms with Crippen LogP contribution in [0.3, 0.4) is 0 Å². The maximum absolute atomic E-state index is 5.59. The second-order valence-electron chi connectivity index (χ2n) is 3.41. The molecule has 0 N–H and O–H groups in total. The lowest BCUT2D eigenvalue weighted by atomic mass is 10.1. The van der Waals surface area contributed by atoms with Crippen molar-refractivity contribution in [1.82, 2.24) is 0 Å². The maximum Gasteiger partial charge on any atom is 0.0755 e. The molecule has 0 saturated carbocycles. The lowest BCUT2D eigenvalue weighted by molar-refractivity contribution is 0.0885. The lowest BCUT2D eigenvalue weighted by Crippen LogP contribution is -2.08. The van der Waals surface area contributed by atoms with Crippen molar-refractivity contribution < 1.29 is 4.74 Å². The van der Waals surface area contributed by atoms with Crippen LogP contribution in [0.2, 0.25) is 0 Å². The summed E-state index contributed by atoms with van der Waals surface area (Å²) in [6.45, 7) is 2.91. The molecular weight excluding hydrogens is 148 g/mol. The molecule has 0 heterocycles. The first kappa shape index (κ1) is 9.79. The highest BCUT2D eigenvalue weighted by molar-refractivity contribution is 4.90. The molecule has 0 fully saturated rings. The van der Waals surface area contributed by atoms with Crippen molar-refractivity contribution in [3.8, 4) is 0 Å². The highest BCUT2D eigenvalue weighted by atomic mass is 16.5. The van der Waals surface area contributed by atoms with Crippen molar-refractivity contribution in [2.24, 2.45) is 0 Å². The van der Waals surface area contributed by atoms with Gasteiger partial charge < -0.3 is 4.74 Å². The minimum Gasteiger partial charge on any atom is -0.374 e. The van der Waals surface area contributed by atoms with Gasteiger partial charge in [-0.3, -0.25) is 0 Å². The third-order valence-corrected chi connectivity index (χ3v) is 2.34. The van der Waals surface area contributed by atoms with Crippen LogP contribution in [-0.2, 0) is 4.74 Å². The zero-order chi connectivity index (χ0) is 8.65. The highest BCUT2D eigenvalue weighted by Crippen LogP contribution is 2.14. The molecule has 1 rings (SSSR count). The fourth-order valence-electron chi connectivity index (χ4n) is 1.66. The largest absolute Gasteiger partial charge is 0.374 e. The van der Waals surface area contributed by atoms with Crippen molar-refractivity contribution in [2.75, 3.05) is 6.61 Å². The number of allylic oxidation sites excluding steroid dienone is 1. The van der Waals surface area contributed by atoms with Crippen molar-refractivity contribution >= 4 is 0 Å². The Morgan fingerprint density at radius 2 is 2.08 bits per heavy atom. The van der Waals surface area contributed by atoms with E-state index in [1.54, 1.807) is 0 Å². The minimum absolute atomic E-state index is 0.396. The zero-order valence-corrected chi connectivity index (χ0v) is 8.09. The molecule has 1 unspecified atom stereocenters. The van der Waals surface area contributed by atoms with E-state index in [1.807, 2.05) is 0 Å². The van der Waals surface area contributed by atoms with E-state index in [0.29, 0.717) is 6.10 Å². The van der Waals surface area contributed by atoms with E-state index in [4.69, 9.17) is 4.74 Å². The first-order valence-corrected chi connectivity index (χ1v) is 5.21. The van der Waals surface area contributed by atoms with Crippen LogP contribution in [0.5, 0.6) is 0 Å². The molecule has 1 heteroatoms. The van der Waals surface area contributed by atoms with Crippen LogP contribution in [0, 0.1) is 0 Å². The molecule has 0 amide bonds. The maximum atomic E-state index is 5.59. The van der Waals surface area contributed by atoms with Gasteiger partial charge in [-0.05, 0) is 26.2 Å². The predicted molar refractivity (Wildman–Crippen MR) is 52.3 cm³/mol. The van der Waals surface area contributed by atoms with Crippen LogP contribution < -0.4 is 0 Å².